The third-order valence-electron chi connectivity index (χ3n) is 6.39. The molecule has 14 heteroatoms. The molecule has 0 bridgehead atoms. The third kappa shape index (κ3) is 3.82. The van der Waals surface area contributed by atoms with Crippen molar-refractivity contribution >= 4 is 5.57 Å². The molecule has 2 aromatic heterocycles. The summed E-state index contributed by atoms with van der Waals surface area (Å²) >= 11 is 0. The van der Waals surface area contributed by atoms with Crippen LogP contribution in [0.2, 0.25) is 0 Å². The number of allylic oxidation sites excluding steroid dienone is 1. The molecule has 202 valence electrons. The molecule has 0 amide bonds. The highest BCUT2D eigenvalue weighted by molar-refractivity contribution is 6.07. The van der Waals surface area contributed by atoms with Crippen LogP contribution in [0.3, 0.4) is 0 Å². The summed E-state index contributed by atoms with van der Waals surface area (Å²) in [6.45, 7) is 0. The van der Waals surface area contributed by atoms with Crippen LogP contribution in [-0.4, -0.2) is 9.97 Å². The molecule has 0 N–H and O–H groups in total. The summed E-state index contributed by atoms with van der Waals surface area (Å²) in [6.07, 6.45) is 0. The second-order valence-corrected chi connectivity index (χ2v) is 8.48. The average Bonchev–Trinajstić information content (AvgIpc) is 3.27. The summed E-state index contributed by atoms with van der Waals surface area (Å²) in [6, 6.07) is 9.98. The monoisotopic (exact) mass is 576 g/mol. The molecule has 6 nitrogen and oxygen atoms in total. The SMILES string of the molecule is N#CC(C#N)=C1c2cc(C#N)c(-c3c(F)c(F)nc(F)c3F)cc2-c2cc(-c3c(F)c(F)nc(F)c3F)c(C#N)cc21. The highest BCUT2D eigenvalue weighted by Crippen LogP contribution is 2.50. The molecule has 42 heavy (non-hydrogen) atoms. The van der Waals surface area contributed by atoms with E-state index in [2.05, 4.69) is 9.97 Å². The van der Waals surface area contributed by atoms with E-state index < -0.39 is 86.0 Å². The van der Waals surface area contributed by atoms with Gasteiger partial charge in [0.15, 0.2) is 23.3 Å². The Hall–Kier alpha value is -6.12. The number of halogens is 8. The first-order valence-corrected chi connectivity index (χ1v) is 11.1. The number of benzene rings is 2. The van der Waals surface area contributed by atoms with Gasteiger partial charge in [0.2, 0.25) is 0 Å². The highest BCUT2D eigenvalue weighted by atomic mass is 19.2. The van der Waals surface area contributed by atoms with Crippen LogP contribution in [0.15, 0.2) is 29.8 Å². The Morgan fingerprint density at radius 3 is 1.10 bits per heavy atom. The number of aromatic nitrogens is 2. The normalized spacial score (nSPS) is 11.2. The van der Waals surface area contributed by atoms with Gasteiger partial charge in [-0.15, -0.1) is 0 Å². The van der Waals surface area contributed by atoms with Crippen molar-refractivity contribution in [1.29, 1.82) is 21.0 Å². The lowest BCUT2D eigenvalue weighted by atomic mass is 9.91. The molecule has 0 saturated carbocycles. The summed E-state index contributed by atoms with van der Waals surface area (Å²) in [5, 5.41) is 38.6. The predicted octanol–water partition coefficient (Wildman–Crippen LogP) is 6.50. The molecule has 0 fully saturated rings. The van der Waals surface area contributed by atoms with Gasteiger partial charge in [-0.05, 0) is 46.5 Å². The lowest BCUT2D eigenvalue weighted by molar-refractivity contribution is 0.410. The van der Waals surface area contributed by atoms with Crippen molar-refractivity contribution in [2.75, 3.05) is 0 Å². The number of nitriles is 4. The molecule has 5 rings (SSSR count). The zero-order chi connectivity index (χ0) is 30.6. The fourth-order valence-corrected chi connectivity index (χ4v) is 4.66. The van der Waals surface area contributed by atoms with Crippen molar-refractivity contribution in [2.24, 2.45) is 0 Å². The van der Waals surface area contributed by atoms with E-state index in [1.54, 1.807) is 24.3 Å². The maximum absolute atomic E-state index is 14.7. The quantitative estimate of drug-likeness (QED) is 0.134. The molecule has 4 aromatic rings. The molecule has 0 spiro atoms. The Balaban J connectivity index is 1.97. The number of hydrogen-bond donors (Lipinski definition) is 0. The first-order valence-electron chi connectivity index (χ1n) is 11.1. The second kappa shape index (κ2) is 9.81. The van der Waals surface area contributed by atoms with Gasteiger partial charge in [-0.1, -0.05) is 0 Å². The van der Waals surface area contributed by atoms with Gasteiger partial charge in [-0.25, -0.2) is 17.6 Å². The van der Waals surface area contributed by atoms with E-state index in [4.69, 9.17) is 0 Å². The summed E-state index contributed by atoms with van der Waals surface area (Å²) in [5.74, 6) is -16.1. The van der Waals surface area contributed by atoms with Crippen LogP contribution in [0.4, 0.5) is 35.1 Å². The molecule has 0 aliphatic heterocycles. The lowest BCUT2D eigenvalue weighted by Gasteiger charge is -2.13. The number of nitrogens with zero attached hydrogens (tertiary/aromatic N) is 6. The molecule has 0 saturated heterocycles. The first kappa shape index (κ1) is 27.4. The zero-order valence-corrected chi connectivity index (χ0v) is 20.0. The molecule has 1 aliphatic rings. The van der Waals surface area contributed by atoms with Crippen molar-refractivity contribution in [2.45, 2.75) is 0 Å². The number of rotatable bonds is 2. The number of hydrogen-bond acceptors (Lipinski definition) is 6. The van der Waals surface area contributed by atoms with Crippen molar-refractivity contribution in [3.63, 3.8) is 0 Å². The van der Waals surface area contributed by atoms with Crippen LogP contribution in [-0.2, 0) is 0 Å². The van der Waals surface area contributed by atoms with E-state index in [-0.39, 0.29) is 27.8 Å². The zero-order valence-electron chi connectivity index (χ0n) is 20.0. The summed E-state index contributed by atoms with van der Waals surface area (Å²) in [5.41, 5.74) is -6.80. The van der Waals surface area contributed by atoms with Crippen molar-refractivity contribution in [1.82, 2.24) is 9.97 Å². The van der Waals surface area contributed by atoms with Crippen LogP contribution in [0.5, 0.6) is 0 Å². The van der Waals surface area contributed by atoms with E-state index >= 15 is 0 Å². The maximum Gasteiger partial charge on any atom is 0.252 e. The van der Waals surface area contributed by atoms with Crippen LogP contribution in [0.25, 0.3) is 39.0 Å². The Kier molecular flexibility index (Phi) is 6.41. The fourth-order valence-electron chi connectivity index (χ4n) is 4.66. The summed E-state index contributed by atoms with van der Waals surface area (Å²) < 4.78 is 115. The van der Waals surface area contributed by atoms with Gasteiger partial charge < -0.3 is 0 Å². The number of pyridine rings is 2. The molecule has 2 heterocycles. The standard InChI is InChI=1S/C28H4F8N6/c29-21-19(22(30)26(34)41-25(21)33)12-3-14-15-4-13(20-23(31)27(35)42-28(36)24(20)32)10(6-38)2-17(15)18(11(7-39)8-40)16(14)1-9(12)5-37/h1-4H. The van der Waals surface area contributed by atoms with Gasteiger partial charge in [0.05, 0.1) is 34.4 Å². The smallest absolute Gasteiger partial charge is 0.201 e. The Bertz CT molecular complexity index is 1930. The second-order valence-electron chi connectivity index (χ2n) is 8.48. The minimum Gasteiger partial charge on any atom is -0.201 e. The van der Waals surface area contributed by atoms with Crippen LogP contribution in [0.1, 0.15) is 22.3 Å². The van der Waals surface area contributed by atoms with E-state index in [1.165, 1.54) is 0 Å². The minimum atomic E-state index is -2.04. The van der Waals surface area contributed by atoms with Gasteiger partial charge in [-0.3, -0.25) is 0 Å². The minimum absolute atomic E-state index is 0.131. The molecule has 0 radical (unpaired) electrons. The summed E-state index contributed by atoms with van der Waals surface area (Å²) in [4.78, 5) is 4.92. The molecule has 2 aromatic carbocycles. The van der Waals surface area contributed by atoms with E-state index in [9.17, 15) is 56.2 Å². The van der Waals surface area contributed by atoms with Crippen LogP contribution < -0.4 is 0 Å². The Morgan fingerprint density at radius 1 is 0.476 bits per heavy atom. The lowest BCUT2D eigenvalue weighted by Crippen LogP contribution is -2.04. The fraction of sp³-hybridized carbons (Fsp3) is 0. The summed E-state index contributed by atoms with van der Waals surface area (Å²) in [7, 11) is 0. The van der Waals surface area contributed by atoms with Gasteiger partial charge in [-0.2, -0.15) is 48.6 Å². The molecular formula is C28H4F8N6. The molecule has 1 aliphatic carbocycles. The topological polar surface area (TPSA) is 121 Å². The predicted molar refractivity (Wildman–Crippen MR) is 125 cm³/mol. The van der Waals surface area contributed by atoms with Crippen molar-refractivity contribution in [3.05, 3.63) is 99.2 Å². The van der Waals surface area contributed by atoms with Crippen molar-refractivity contribution < 1.29 is 35.1 Å². The van der Waals surface area contributed by atoms with E-state index in [0.29, 0.717) is 0 Å². The van der Waals surface area contributed by atoms with Gasteiger partial charge in [0.1, 0.15) is 17.7 Å². The van der Waals surface area contributed by atoms with E-state index in [1.807, 2.05) is 0 Å². The van der Waals surface area contributed by atoms with Crippen molar-refractivity contribution in [3.8, 4) is 57.7 Å². The average molecular weight is 576 g/mol. The largest absolute Gasteiger partial charge is 0.252 e. The van der Waals surface area contributed by atoms with E-state index in [0.717, 1.165) is 24.3 Å². The van der Waals surface area contributed by atoms with Gasteiger partial charge >= 0.3 is 0 Å². The Morgan fingerprint density at radius 2 is 0.810 bits per heavy atom. The third-order valence-corrected chi connectivity index (χ3v) is 6.39. The molecule has 0 atom stereocenters. The van der Waals surface area contributed by atoms with Crippen LogP contribution in [0, 0.1) is 92.4 Å². The number of fused-ring (bicyclic) bond motifs is 3. The van der Waals surface area contributed by atoms with Gasteiger partial charge in [0.25, 0.3) is 23.8 Å². The first-order chi connectivity index (χ1) is 20.0. The maximum atomic E-state index is 14.7. The van der Waals surface area contributed by atoms with Gasteiger partial charge in [0, 0.05) is 16.7 Å². The molecule has 0 unspecified atom stereocenters. The highest BCUT2D eigenvalue weighted by Gasteiger charge is 2.34. The molecular weight excluding hydrogens is 572 g/mol. The van der Waals surface area contributed by atoms with Crippen LogP contribution >= 0.6 is 0 Å². The Labute approximate surface area is 228 Å².